The van der Waals surface area contributed by atoms with Crippen molar-refractivity contribution < 1.29 is 24.4 Å². The van der Waals surface area contributed by atoms with E-state index in [1.807, 2.05) is 6.07 Å². The molecule has 140 valence electrons. The van der Waals surface area contributed by atoms with E-state index in [9.17, 15) is 20.0 Å². The minimum Gasteiger partial charge on any atom is -0.508 e. The highest BCUT2D eigenvalue weighted by Gasteiger charge is 2.21. The van der Waals surface area contributed by atoms with Gasteiger partial charge in [-0.2, -0.15) is 0 Å². The first kappa shape index (κ1) is 18.4. The zero-order chi connectivity index (χ0) is 19.6. The monoisotopic (exact) mass is 370 g/mol. The Morgan fingerprint density at radius 3 is 2.74 bits per heavy atom. The molecule has 8 nitrogen and oxygen atoms in total. The maximum Gasteiger partial charge on any atom is 0.365 e. The van der Waals surface area contributed by atoms with Crippen LogP contribution in [0.25, 0.3) is 0 Å². The van der Waals surface area contributed by atoms with E-state index in [4.69, 9.17) is 9.57 Å². The Morgan fingerprint density at radius 1 is 1.26 bits per heavy atom. The van der Waals surface area contributed by atoms with Crippen LogP contribution in [0, 0.1) is 17.0 Å². The van der Waals surface area contributed by atoms with E-state index in [0.29, 0.717) is 17.7 Å². The molecule has 0 radical (unpaired) electrons. The molecule has 2 aromatic carbocycles. The number of aromatic hydroxyl groups is 1. The first-order chi connectivity index (χ1) is 12.9. The van der Waals surface area contributed by atoms with Gasteiger partial charge in [-0.1, -0.05) is 5.16 Å². The van der Waals surface area contributed by atoms with E-state index in [1.54, 1.807) is 13.0 Å². The number of ether oxygens (including phenoxy) is 1. The summed E-state index contributed by atoms with van der Waals surface area (Å²) >= 11 is 0. The second-order valence-corrected chi connectivity index (χ2v) is 6.21. The molecule has 0 bridgehead atoms. The zero-order valence-electron chi connectivity index (χ0n) is 14.9. The van der Waals surface area contributed by atoms with Crippen LogP contribution in [0.5, 0.6) is 11.5 Å². The van der Waals surface area contributed by atoms with Crippen LogP contribution in [-0.4, -0.2) is 28.8 Å². The van der Waals surface area contributed by atoms with Crippen molar-refractivity contribution in [3.63, 3.8) is 0 Å². The molecule has 0 aliphatic heterocycles. The molecule has 3 rings (SSSR count). The van der Waals surface area contributed by atoms with E-state index in [0.717, 1.165) is 30.0 Å². The van der Waals surface area contributed by atoms with Crippen LogP contribution in [0.15, 0.2) is 35.5 Å². The Morgan fingerprint density at radius 2 is 2.04 bits per heavy atom. The van der Waals surface area contributed by atoms with Crippen LogP contribution >= 0.6 is 0 Å². The molecule has 0 amide bonds. The van der Waals surface area contributed by atoms with E-state index < -0.39 is 10.9 Å². The number of nitro benzene ring substituents is 1. The molecule has 0 unspecified atom stereocenters. The summed E-state index contributed by atoms with van der Waals surface area (Å²) in [6, 6.07) is 7.33. The van der Waals surface area contributed by atoms with Crippen molar-refractivity contribution in [3.05, 3.63) is 62.7 Å². The number of carbonyl (C=O) groups excluding carboxylic acids is 1. The summed E-state index contributed by atoms with van der Waals surface area (Å²) in [5.41, 5.74) is 2.78. The average molecular weight is 370 g/mol. The number of rotatable bonds is 4. The van der Waals surface area contributed by atoms with E-state index in [-0.39, 0.29) is 22.7 Å². The first-order valence-corrected chi connectivity index (χ1v) is 8.34. The summed E-state index contributed by atoms with van der Waals surface area (Å²) in [5, 5.41) is 24.9. The third kappa shape index (κ3) is 3.74. The molecule has 2 aromatic rings. The van der Waals surface area contributed by atoms with Gasteiger partial charge < -0.3 is 14.7 Å². The maximum atomic E-state index is 12.3. The van der Waals surface area contributed by atoms with Crippen molar-refractivity contribution in [2.45, 2.75) is 26.2 Å². The third-order valence-corrected chi connectivity index (χ3v) is 4.44. The fourth-order valence-corrected chi connectivity index (χ4v) is 3.00. The minimum absolute atomic E-state index is 0.00442. The van der Waals surface area contributed by atoms with Gasteiger partial charge in [-0.15, -0.1) is 0 Å². The largest absolute Gasteiger partial charge is 0.508 e. The first-order valence-electron chi connectivity index (χ1n) is 8.34. The highest BCUT2D eigenvalue weighted by Crippen LogP contribution is 2.29. The van der Waals surface area contributed by atoms with Crippen molar-refractivity contribution in [2.75, 3.05) is 7.11 Å². The molecule has 0 spiro atoms. The Bertz CT molecular complexity index is 951. The molecule has 0 fully saturated rings. The second kappa shape index (κ2) is 7.45. The summed E-state index contributed by atoms with van der Waals surface area (Å²) in [5.74, 6) is -0.521. The van der Waals surface area contributed by atoms with Gasteiger partial charge in [-0.25, -0.2) is 4.79 Å². The predicted octanol–water partition coefficient (Wildman–Crippen LogP) is 3.51. The molecular formula is C19H18N2O6. The number of nitrogens with zero attached hydrogens (tertiary/aromatic N) is 2. The molecule has 0 atom stereocenters. The standard InChI is InChI=1S/C19H18N2O6/c1-11-8-14-12(10-17(11)22)4-3-5-15(14)20-27-19(23)13-6-7-18(26-2)16(9-13)21(24)25/h6-10,22H,3-5H2,1-2H3. The molecule has 8 heteroatoms. The molecule has 1 aliphatic carbocycles. The smallest absolute Gasteiger partial charge is 0.365 e. The van der Waals surface area contributed by atoms with Gasteiger partial charge in [-0.05, 0) is 61.6 Å². The normalized spacial score (nSPS) is 14.5. The van der Waals surface area contributed by atoms with E-state index in [1.165, 1.54) is 19.2 Å². The SMILES string of the molecule is COc1ccc(C(=O)ON=C2CCCc3cc(O)c(C)cc32)cc1[N+](=O)[O-]. The molecule has 0 aromatic heterocycles. The van der Waals surface area contributed by atoms with Crippen LogP contribution in [0.1, 0.15) is 39.9 Å². The van der Waals surface area contributed by atoms with Crippen molar-refractivity contribution in [3.8, 4) is 11.5 Å². The number of methoxy groups -OCH3 is 1. The molecular weight excluding hydrogens is 352 g/mol. The predicted molar refractivity (Wildman–Crippen MR) is 97.4 cm³/mol. The second-order valence-electron chi connectivity index (χ2n) is 6.21. The average Bonchev–Trinajstić information content (AvgIpc) is 2.66. The van der Waals surface area contributed by atoms with Gasteiger partial charge in [0.15, 0.2) is 5.75 Å². The highest BCUT2D eigenvalue weighted by molar-refractivity contribution is 6.03. The molecule has 1 N–H and O–H groups in total. The molecule has 0 heterocycles. The summed E-state index contributed by atoms with van der Waals surface area (Å²) in [6.45, 7) is 1.78. The fourth-order valence-electron chi connectivity index (χ4n) is 3.00. The topological polar surface area (TPSA) is 111 Å². The van der Waals surface area contributed by atoms with E-state index in [2.05, 4.69) is 5.16 Å². The Balaban J connectivity index is 1.85. The number of phenolic OH excluding ortho intramolecular Hbond substituents is 1. The molecule has 1 aliphatic rings. The lowest BCUT2D eigenvalue weighted by molar-refractivity contribution is -0.385. The van der Waals surface area contributed by atoms with Crippen LogP contribution in [0.4, 0.5) is 5.69 Å². The van der Waals surface area contributed by atoms with Crippen LogP contribution in [0.2, 0.25) is 0 Å². The van der Waals surface area contributed by atoms with Gasteiger partial charge >= 0.3 is 11.7 Å². The third-order valence-electron chi connectivity index (χ3n) is 4.44. The number of hydrogen-bond acceptors (Lipinski definition) is 7. The van der Waals surface area contributed by atoms with Gasteiger partial charge in [0.2, 0.25) is 0 Å². The number of fused-ring (bicyclic) bond motifs is 1. The van der Waals surface area contributed by atoms with Crippen molar-refractivity contribution >= 4 is 17.4 Å². The van der Waals surface area contributed by atoms with E-state index >= 15 is 0 Å². The fraction of sp³-hybridized carbons (Fsp3) is 0.263. The molecule has 0 saturated heterocycles. The van der Waals surface area contributed by atoms with Gasteiger partial charge in [-0.3, -0.25) is 10.1 Å². The lowest BCUT2D eigenvalue weighted by Crippen LogP contribution is -2.14. The van der Waals surface area contributed by atoms with Crippen molar-refractivity contribution in [1.29, 1.82) is 0 Å². The summed E-state index contributed by atoms with van der Waals surface area (Å²) in [4.78, 5) is 27.7. The van der Waals surface area contributed by atoms with Crippen LogP contribution < -0.4 is 4.74 Å². The number of phenols is 1. The maximum absolute atomic E-state index is 12.3. The zero-order valence-corrected chi connectivity index (χ0v) is 14.9. The summed E-state index contributed by atoms with van der Waals surface area (Å²) < 4.78 is 4.91. The number of carbonyl (C=O) groups is 1. The molecule has 27 heavy (non-hydrogen) atoms. The van der Waals surface area contributed by atoms with Gasteiger partial charge in [0.25, 0.3) is 0 Å². The number of aryl methyl sites for hydroxylation is 2. The quantitative estimate of drug-likeness (QED) is 0.501. The minimum atomic E-state index is -0.795. The summed E-state index contributed by atoms with van der Waals surface area (Å²) in [6.07, 6.45) is 2.26. The number of oxime groups is 1. The Labute approximate surface area is 155 Å². The van der Waals surface area contributed by atoms with Gasteiger partial charge in [0.1, 0.15) is 5.75 Å². The van der Waals surface area contributed by atoms with Crippen LogP contribution in [0.3, 0.4) is 0 Å². The number of benzene rings is 2. The van der Waals surface area contributed by atoms with Gasteiger partial charge in [0, 0.05) is 11.6 Å². The number of hydrogen-bond donors (Lipinski definition) is 1. The summed E-state index contributed by atoms with van der Waals surface area (Å²) in [7, 11) is 1.31. The Hall–Kier alpha value is -3.42. The molecule has 0 saturated carbocycles. The lowest BCUT2D eigenvalue weighted by Gasteiger charge is -2.18. The van der Waals surface area contributed by atoms with Crippen LogP contribution in [-0.2, 0) is 11.3 Å². The van der Waals surface area contributed by atoms with Gasteiger partial charge in [0.05, 0.1) is 23.3 Å². The van der Waals surface area contributed by atoms with Crippen molar-refractivity contribution in [2.24, 2.45) is 5.16 Å². The highest BCUT2D eigenvalue weighted by atomic mass is 16.7. The number of nitro groups is 1. The lowest BCUT2D eigenvalue weighted by atomic mass is 9.88. The van der Waals surface area contributed by atoms with Crippen molar-refractivity contribution in [1.82, 2.24) is 0 Å². The Kier molecular flexibility index (Phi) is 5.07.